The summed E-state index contributed by atoms with van der Waals surface area (Å²) in [5.74, 6) is 0.825. The number of nitrogens with zero attached hydrogens (tertiary/aromatic N) is 1. The fourth-order valence-corrected chi connectivity index (χ4v) is 2.98. The van der Waals surface area contributed by atoms with Gasteiger partial charge in [0.1, 0.15) is 0 Å². The largest absolute Gasteiger partial charge is 0.347 e. The number of hydrogen-bond acceptors (Lipinski definition) is 1. The molecule has 88 valence electrons. The van der Waals surface area contributed by atoms with E-state index in [0.717, 1.165) is 29.7 Å². The molecule has 1 aliphatic carbocycles. The lowest BCUT2D eigenvalue weighted by molar-refractivity contribution is 0.112. The Labute approximate surface area is 101 Å². The maximum atomic E-state index is 11.0. The average Bonchev–Trinajstić information content (AvgIpc) is 2.99. The molecule has 0 unspecified atom stereocenters. The van der Waals surface area contributed by atoms with E-state index in [1.165, 1.54) is 31.2 Å². The van der Waals surface area contributed by atoms with E-state index in [1.54, 1.807) is 0 Å². The Morgan fingerprint density at radius 2 is 2.06 bits per heavy atom. The summed E-state index contributed by atoms with van der Waals surface area (Å²) in [7, 11) is 0. The van der Waals surface area contributed by atoms with Crippen LogP contribution in [0.2, 0.25) is 0 Å². The predicted octanol–water partition coefficient (Wildman–Crippen LogP) is 3.64. The van der Waals surface area contributed by atoms with Crippen molar-refractivity contribution in [2.45, 2.75) is 32.2 Å². The first-order valence-corrected chi connectivity index (χ1v) is 6.41. The van der Waals surface area contributed by atoms with Crippen molar-refractivity contribution in [2.24, 2.45) is 5.92 Å². The number of benzene rings is 1. The van der Waals surface area contributed by atoms with E-state index in [0.29, 0.717) is 0 Å². The molecule has 0 radical (unpaired) electrons. The van der Waals surface area contributed by atoms with E-state index in [-0.39, 0.29) is 0 Å². The summed E-state index contributed by atoms with van der Waals surface area (Å²) < 4.78 is 2.30. The van der Waals surface area contributed by atoms with Crippen molar-refractivity contribution >= 4 is 17.2 Å². The second-order valence-corrected chi connectivity index (χ2v) is 5.02. The monoisotopic (exact) mass is 227 g/mol. The van der Waals surface area contributed by atoms with Crippen LogP contribution in [0.3, 0.4) is 0 Å². The molecule has 2 nitrogen and oxygen atoms in total. The minimum absolute atomic E-state index is 0.799. The maximum absolute atomic E-state index is 11.0. The molecule has 2 heteroatoms. The molecule has 0 amide bonds. The van der Waals surface area contributed by atoms with Crippen LogP contribution in [0.4, 0.5) is 0 Å². The fourth-order valence-electron chi connectivity index (χ4n) is 2.98. The van der Waals surface area contributed by atoms with Crippen LogP contribution in [0.25, 0.3) is 10.9 Å². The predicted molar refractivity (Wildman–Crippen MR) is 69.3 cm³/mol. The summed E-state index contributed by atoms with van der Waals surface area (Å²) in [4.78, 5) is 11.0. The number of aldehydes is 1. The molecule has 0 atom stereocenters. The highest BCUT2D eigenvalue weighted by Crippen LogP contribution is 2.28. The molecule has 0 saturated heterocycles. The molecular formula is C15H17NO. The van der Waals surface area contributed by atoms with Gasteiger partial charge in [-0.1, -0.05) is 25.0 Å². The Morgan fingerprint density at radius 1 is 1.24 bits per heavy atom. The first-order valence-electron chi connectivity index (χ1n) is 6.41. The molecule has 0 N–H and O–H groups in total. The average molecular weight is 227 g/mol. The molecule has 17 heavy (non-hydrogen) atoms. The van der Waals surface area contributed by atoms with Crippen molar-refractivity contribution in [2.75, 3.05) is 0 Å². The van der Waals surface area contributed by atoms with E-state index in [2.05, 4.69) is 22.9 Å². The number of carbonyl (C=O) groups excluding carboxylic acids is 1. The molecule has 1 saturated carbocycles. The summed E-state index contributed by atoms with van der Waals surface area (Å²) in [6.45, 7) is 1.10. The zero-order valence-corrected chi connectivity index (χ0v) is 9.93. The number of aromatic nitrogens is 1. The molecule has 0 bridgehead atoms. The van der Waals surface area contributed by atoms with Crippen LogP contribution in [0, 0.1) is 5.92 Å². The first-order chi connectivity index (χ1) is 8.38. The van der Waals surface area contributed by atoms with Crippen molar-refractivity contribution in [3.05, 3.63) is 36.0 Å². The third kappa shape index (κ3) is 1.88. The van der Waals surface area contributed by atoms with Crippen LogP contribution < -0.4 is 0 Å². The van der Waals surface area contributed by atoms with E-state index >= 15 is 0 Å². The fraction of sp³-hybridized carbons (Fsp3) is 0.400. The number of hydrogen-bond donors (Lipinski definition) is 0. The minimum atomic E-state index is 0.799. The molecule has 1 aromatic carbocycles. The van der Waals surface area contributed by atoms with Gasteiger partial charge >= 0.3 is 0 Å². The van der Waals surface area contributed by atoms with E-state index in [9.17, 15) is 4.79 Å². The summed E-state index contributed by atoms with van der Waals surface area (Å²) in [6, 6.07) is 8.03. The molecule has 1 aliphatic rings. The Hall–Kier alpha value is -1.57. The van der Waals surface area contributed by atoms with Crippen molar-refractivity contribution in [3.63, 3.8) is 0 Å². The summed E-state index contributed by atoms with van der Waals surface area (Å²) in [5.41, 5.74) is 1.99. The number of rotatable bonds is 3. The highest BCUT2D eigenvalue weighted by molar-refractivity contribution is 5.97. The van der Waals surface area contributed by atoms with Crippen molar-refractivity contribution in [3.8, 4) is 0 Å². The highest BCUT2D eigenvalue weighted by atomic mass is 16.1. The lowest BCUT2D eigenvalue weighted by Gasteiger charge is -2.11. The Balaban J connectivity index is 1.97. The Morgan fingerprint density at radius 3 is 2.82 bits per heavy atom. The Bertz CT molecular complexity index is 535. The molecule has 0 aliphatic heterocycles. The minimum Gasteiger partial charge on any atom is -0.347 e. The molecule has 2 aromatic rings. The van der Waals surface area contributed by atoms with Crippen molar-refractivity contribution in [1.29, 1.82) is 0 Å². The highest BCUT2D eigenvalue weighted by Gasteiger charge is 2.16. The Kier molecular flexibility index (Phi) is 2.71. The third-order valence-electron chi connectivity index (χ3n) is 3.90. The van der Waals surface area contributed by atoms with Crippen LogP contribution in [-0.2, 0) is 6.54 Å². The summed E-state index contributed by atoms with van der Waals surface area (Å²) in [5, 5.41) is 1.08. The van der Waals surface area contributed by atoms with Gasteiger partial charge in [-0.25, -0.2) is 0 Å². The molecular weight excluding hydrogens is 210 g/mol. The van der Waals surface area contributed by atoms with Crippen LogP contribution in [-0.4, -0.2) is 10.9 Å². The molecule has 1 aromatic heterocycles. The first kappa shape index (κ1) is 10.6. The van der Waals surface area contributed by atoms with Crippen LogP contribution in [0.1, 0.15) is 36.0 Å². The number of carbonyl (C=O) groups is 1. The van der Waals surface area contributed by atoms with E-state index in [1.807, 2.05) is 12.1 Å². The van der Waals surface area contributed by atoms with Gasteiger partial charge in [-0.05, 0) is 30.9 Å². The van der Waals surface area contributed by atoms with Gasteiger partial charge in [0.25, 0.3) is 0 Å². The lowest BCUT2D eigenvalue weighted by atomic mass is 10.1. The smallest absolute Gasteiger partial charge is 0.150 e. The van der Waals surface area contributed by atoms with Gasteiger partial charge in [-0.15, -0.1) is 0 Å². The SMILES string of the molecule is O=Cc1cccc2c1ccn2CC1CCCC1. The van der Waals surface area contributed by atoms with Crippen molar-refractivity contribution < 1.29 is 4.79 Å². The van der Waals surface area contributed by atoms with Crippen LogP contribution >= 0.6 is 0 Å². The van der Waals surface area contributed by atoms with Gasteiger partial charge in [0.05, 0.1) is 0 Å². The zero-order valence-electron chi connectivity index (χ0n) is 9.93. The van der Waals surface area contributed by atoms with Gasteiger partial charge < -0.3 is 4.57 Å². The molecule has 0 spiro atoms. The van der Waals surface area contributed by atoms with Gasteiger partial charge in [-0.3, -0.25) is 4.79 Å². The third-order valence-corrected chi connectivity index (χ3v) is 3.90. The van der Waals surface area contributed by atoms with Gasteiger partial charge in [0, 0.05) is 29.2 Å². The zero-order chi connectivity index (χ0) is 11.7. The molecule has 1 fully saturated rings. The van der Waals surface area contributed by atoms with Gasteiger partial charge in [0.2, 0.25) is 0 Å². The quantitative estimate of drug-likeness (QED) is 0.734. The van der Waals surface area contributed by atoms with Crippen LogP contribution in [0.15, 0.2) is 30.5 Å². The lowest BCUT2D eigenvalue weighted by Crippen LogP contribution is -2.05. The van der Waals surface area contributed by atoms with Crippen molar-refractivity contribution in [1.82, 2.24) is 4.57 Å². The summed E-state index contributed by atoms with van der Waals surface area (Å²) in [6.07, 6.45) is 8.53. The topological polar surface area (TPSA) is 22.0 Å². The standard InChI is InChI=1S/C15H17NO/c17-11-13-6-3-7-15-14(13)8-9-16(15)10-12-4-1-2-5-12/h3,6-9,11-12H,1-2,4-5,10H2. The summed E-state index contributed by atoms with van der Waals surface area (Å²) >= 11 is 0. The number of fused-ring (bicyclic) bond motifs is 1. The normalized spacial score (nSPS) is 16.7. The maximum Gasteiger partial charge on any atom is 0.150 e. The van der Waals surface area contributed by atoms with Crippen LogP contribution in [0.5, 0.6) is 0 Å². The van der Waals surface area contributed by atoms with Gasteiger partial charge in [-0.2, -0.15) is 0 Å². The molecule has 3 rings (SSSR count). The second kappa shape index (κ2) is 4.36. The molecule has 1 heterocycles. The van der Waals surface area contributed by atoms with Gasteiger partial charge in [0.15, 0.2) is 6.29 Å². The van der Waals surface area contributed by atoms with E-state index in [4.69, 9.17) is 0 Å². The second-order valence-electron chi connectivity index (χ2n) is 5.02. The van der Waals surface area contributed by atoms with E-state index < -0.39 is 0 Å².